The molecule has 0 saturated carbocycles. The van der Waals surface area contributed by atoms with Gasteiger partial charge in [0.2, 0.25) is 11.8 Å². The van der Waals surface area contributed by atoms with Crippen molar-refractivity contribution in [2.75, 3.05) is 37.8 Å². The molecule has 0 aliphatic carbocycles. The van der Waals surface area contributed by atoms with Crippen molar-refractivity contribution < 1.29 is 80.5 Å². The van der Waals surface area contributed by atoms with Gasteiger partial charge in [-0.05, 0) is 6.42 Å². The summed E-state index contributed by atoms with van der Waals surface area (Å²) >= 11 is 1.10. The molecule has 55 heavy (non-hydrogen) atoms. The highest BCUT2D eigenvalue weighted by molar-refractivity contribution is 8.13. The summed E-state index contributed by atoms with van der Waals surface area (Å²) in [5, 5.41) is 26.4. The lowest BCUT2D eigenvalue weighted by molar-refractivity contribution is -0.137. The lowest BCUT2D eigenvalue weighted by Crippen LogP contribution is -2.46. The molecule has 7 atom stereocenters. The number of amides is 2. The van der Waals surface area contributed by atoms with Crippen LogP contribution in [0.15, 0.2) is 12.7 Å². The number of fused-ring (bicyclic) bond motifs is 1. The summed E-state index contributed by atoms with van der Waals surface area (Å²) in [4.78, 5) is 87.7. The van der Waals surface area contributed by atoms with Crippen LogP contribution < -0.4 is 16.4 Å². The number of thioether (sulfide) groups is 1. The van der Waals surface area contributed by atoms with Crippen LogP contribution in [0.25, 0.3) is 11.2 Å². The molecule has 2 aromatic rings. The largest absolute Gasteiger partial charge is 0.481 e. The molecule has 0 bridgehead atoms. The van der Waals surface area contributed by atoms with Crippen molar-refractivity contribution in [1.29, 1.82) is 0 Å². The van der Waals surface area contributed by atoms with Gasteiger partial charge >= 0.3 is 23.5 Å². The average molecular weight is 866 g/mol. The fourth-order valence-electron chi connectivity index (χ4n) is 4.61. The number of nitrogen functional groups attached to an aromatic ring is 1. The van der Waals surface area contributed by atoms with Gasteiger partial charge < -0.3 is 50.9 Å². The topological polar surface area (TPSA) is 364 Å². The fourth-order valence-corrected chi connectivity index (χ4v) is 8.37. The molecule has 0 spiro atoms. The minimum absolute atomic E-state index is 0.00109. The van der Waals surface area contributed by atoms with Gasteiger partial charge in [0, 0.05) is 36.1 Å². The number of imidazole rings is 1. The van der Waals surface area contributed by atoms with Crippen molar-refractivity contribution in [2.24, 2.45) is 10.8 Å². The summed E-state index contributed by atoms with van der Waals surface area (Å²) in [5.74, 6) is -1.09. The van der Waals surface area contributed by atoms with E-state index >= 15 is 0 Å². The van der Waals surface area contributed by atoms with E-state index in [1.807, 2.05) is 20.8 Å². The molecule has 24 nitrogen and oxygen atoms in total. The van der Waals surface area contributed by atoms with Crippen molar-refractivity contribution in [3.05, 3.63) is 12.7 Å². The molecule has 312 valence electrons. The number of carbonyl (C=O) groups is 3. The molecule has 3 heterocycles. The summed E-state index contributed by atoms with van der Waals surface area (Å²) < 4.78 is 62.1. The van der Waals surface area contributed by atoms with Crippen molar-refractivity contribution in [2.45, 2.75) is 78.1 Å². The van der Waals surface area contributed by atoms with E-state index in [1.54, 1.807) is 0 Å². The van der Waals surface area contributed by atoms with Gasteiger partial charge in [-0.15, -0.1) is 0 Å². The van der Waals surface area contributed by atoms with E-state index in [2.05, 4.69) is 34.4 Å². The molecule has 0 aromatic carbocycles. The van der Waals surface area contributed by atoms with Crippen molar-refractivity contribution in [3.63, 3.8) is 0 Å². The number of rotatable bonds is 21. The Hall–Kier alpha value is -2.44. The number of nitrogens with two attached hydrogens (primary N) is 1. The number of nitrogens with one attached hydrogen (secondary N) is 2. The third-order valence-electron chi connectivity index (χ3n) is 8.17. The first-order valence-corrected chi connectivity index (χ1v) is 21.9. The molecule has 1 saturated heterocycles. The fraction of sp³-hybridized carbons (Fsp3) is 0.704. The van der Waals surface area contributed by atoms with Crippen LogP contribution in [0.4, 0.5) is 5.82 Å². The second-order valence-corrected chi connectivity index (χ2v) is 18.7. The lowest BCUT2D eigenvalue weighted by Gasteiger charge is -2.30. The van der Waals surface area contributed by atoms with E-state index in [-0.39, 0.29) is 41.6 Å². The predicted molar refractivity (Wildman–Crippen MR) is 191 cm³/mol. The Morgan fingerprint density at radius 3 is 2.33 bits per heavy atom. The van der Waals surface area contributed by atoms with Gasteiger partial charge in [-0.2, -0.15) is 4.31 Å². The molecule has 3 rings (SSSR count). The predicted octanol–water partition coefficient (Wildman–Crippen LogP) is 0.101. The Morgan fingerprint density at radius 1 is 1.04 bits per heavy atom. The van der Waals surface area contributed by atoms with E-state index in [0.29, 0.717) is 12.2 Å². The van der Waals surface area contributed by atoms with E-state index in [4.69, 9.17) is 19.5 Å². The Bertz CT molecular complexity index is 1830. The minimum Gasteiger partial charge on any atom is -0.386 e. The van der Waals surface area contributed by atoms with Crippen molar-refractivity contribution in [3.8, 4) is 0 Å². The van der Waals surface area contributed by atoms with Crippen LogP contribution in [0.1, 0.15) is 53.7 Å². The highest BCUT2D eigenvalue weighted by atomic mass is 32.2. The maximum atomic E-state index is 12.7. The molecule has 1 fully saturated rings. The molecular formula is C27H46N7O17P3S. The molecule has 2 unspecified atom stereocenters. The summed E-state index contributed by atoms with van der Waals surface area (Å²) in [5.41, 5.74) is 3.78. The van der Waals surface area contributed by atoms with E-state index in [1.165, 1.54) is 13.8 Å². The summed E-state index contributed by atoms with van der Waals surface area (Å²) in [6, 6.07) is 0. The third-order valence-corrected chi connectivity index (χ3v) is 12.5. The lowest BCUT2D eigenvalue weighted by atomic mass is 9.87. The van der Waals surface area contributed by atoms with Gasteiger partial charge in [-0.1, -0.05) is 46.4 Å². The first-order chi connectivity index (χ1) is 25.3. The van der Waals surface area contributed by atoms with E-state index < -0.39 is 90.0 Å². The zero-order valence-corrected chi connectivity index (χ0v) is 33.8. The molecular weight excluding hydrogens is 819 g/mol. The number of anilines is 1. The Labute approximate surface area is 318 Å². The molecule has 1 aliphatic heterocycles. The first kappa shape index (κ1) is 46.9. The Kier molecular flexibility index (Phi) is 16.1. The van der Waals surface area contributed by atoms with Crippen molar-refractivity contribution >= 4 is 69.1 Å². The number of phosphoric acid groups is 3. The normalized spacial score (nSPS) is 22.2. The summed E-state index contributed by atoms with van der Waals surface area (Å²) in [7, 11) is -16.4. The third kappa shape index (κ3) is 13.6. The molecule has 0 radical (unpaired) electrons. The maximum absolute atomic E-state index is 12.7. The Morgan fingerprint density at radius 2 is 1.69 bits per heavy atom. The number of aliphatic hydroxyl groups is 2. The van der Waals surface area contributed by atoms with Crippen LogP contribution in [0.2, 0.25) is 0 Å². The average Bonchev–Trinajstić information content (AvgIpc) is 3.64. The summed E-state index contributed by atoms with van der Waals surface area (Å²) in [6.45, 7) is 6.07. The van der Waals surface area contributed by atoms with Gasteiger partial charge in [-0.25, -0.2) is 28.6 Å². The number of ether oxygens (including phenoxy) is 1. The monoisotopic (exact) mass is 865 g/mol. The molecule has 10 N–H and O–H groups in total. The number of phosphoric ester groups is 3. The van der Waals surface area contributed by atoms with Gasteiger partial charge in [0.05, 0.1) is 19.5 Å². The van der Waals surface area contributed by atoms with Gasteiger partial charge in [0.15, 0.2) is 22.8 Å². The van der Waals surface area contributed by atoms with Crippen LogP contribution in [0, 0.1) is 10.8 Å². The zero-order valence-electron chi connectivity index (χ0n) is 30.3. The maximum Gasteiger partial charge on any atom is 0.481 e. The molecule has 2 aromatic heterocycles. The van der Waals surface area contributed by atoms with Crippen molar-refractivity contribution in [1.82, 2.24) is 30.2 Å². The number of carbonyl (C=O) groups excluding carboxylic acids is 3. The quantitative estimate of drug-likeness (QED) is 0.0593. The van der Waals surface area contributed by atoms with Gasteiger partial charge in [0.25, 0.3) is 0 Å². The second-order valence-electron chi connectivity index (χ2n) is 13.4. The molecule has 28 heteroatoms. The van der Waals surface area contributed by atoms with Gasteiger partial charge in [0.1, 0.15) is 36.3 Å². The second kappa shape index (κ2) is 18.9. The Balaban J connectivity index is 1.50. The van der Waals surface area contributed by atoms with Crippen LogP contribution >= 0.6 is 35.2 Å². The number of hydrogen-bond acceptors (Lipinski definition) is 18. The first-order valence-electron chi connectivity index (χ1n) is 16.4. The zero-order chi connectivity index (χ0) is 41.6. The van der Waals surface area contributed by atoms with Gasteiger partial charge in [-0.3, -0.25) is 32.5 Å². The summed E-state index contributed by atoms with van der Waals surface area (Å²) in [6.07, 6.45) is -6.23. The van der Waals surface area contributed by atoms with Crippen LogP contribution in [0.5, 0.6) is 0 Å². The molecule has 2 amide bonds. The minimum atomic E-state index is -5.57. The smallest absolute Gasteiger partial charge is 0.386 e. The van der Waals surface area contributed by atoms with E-state index in [0.717, 1.165) is 29.0 Å². The SMILES string of the molecule is CCC(C)(C)C(=O)SCCNC(=O)CCNC(=O)[C@H](O)C(C)(C)COP(=O)(O)OP(=O)(O)OC[C@H]1O[C@@H](n2cnc3c(N)ncnc32)[C@H](O)[C@@H]1OP(=O)(O)O. The molecule has 1 aliphatic rings. The number of nitrogens with zero attached hydrogens (tertiary/aromatic N) is 4. The number of hydrogen-bond donors (Lipinski definition) is 9. The van der Waals surface area contributed by atoms with E-state index in [9.17, 15) is 57.9 Å². The standard InChI is InChI=1S/C27H46N7O17P3S/c1-6-26(2,3)25(39)55-10-9-29-16(35)7-8-30-23(38)20(37)27(4,5)12-48-54(45,46)51-53(43,44)47-11-15-19(50-52(40,41)42)18(36)24(49-15)34-14-33-17-21(28)31-13-32-22(17)34/h13-15,18-20,24,36-37H,6-12H2,1-5H3,(H,29,35)(H,30,38)(H,43,44)(H,45,46)(H2,28,31,32)(H2,40,41,42)/t15-,18-,19-,20+,24-/m1/s1. The van der Waals surface area contributed by atoms with Crippen LogP contribution in [-0.4, -0.2) is 123 Å². The van der Waals surface area contributed by atoms with Crippen LogP contribution in [0.3, 0.4) is 0 Å². The highest BCUT2D eigenvalue weighted by Crippen LogP contribution is 2.61. The number of aromatic nitrogens is 4. The number of aliphatic hydroxyl groups excluding tert-OH is 2. The highest BCUT2D eigenvalue weighted by Gasteiger charge is 2.50. The van der Waals surface area contributed by atoms with Crippen LogP contribution in [-0.2, 0) is 50.7 Å².